The molecule has 0 amide bonds. The van der Waals surface area contributed by atoms with Gasteiger partial charge in [0, 0.05) is 27.8 Å². The van der Waals surface area contributed by atoms with E-state index in [2.05, 4.69) is 181 Å². The summed E-state index contributed by atoms with van der Waals surface area (Å²) in [4.78, 5) is 2.33. The summed E-state index contributed by atoms with van der Waals surface area (Å²) in [6, 6.07) is 63.3. The number of benzene rings is 9. The van der Waals surface area contributed by atoms with Gasteiger partial charge in [0.15, 0.2) is 0 Å². The number of fused-ring (bicyclic) bond motifs is 10. The van der Waals surface area contributed by atoms with Gasteiger partial charge in [0.1, 0.15) is 11.2 Å². The first-order valence-electron chi connectivity index (χ1n) is 16.4. The predicted octanol–water partition coefficient (Wildman–Crippen LogP) is 13.3. The summed E-state index contributed by atoms with van der Waals surface area (Å²) in [5, 5.41) is 12.4. The first-order chi connectivity index (χ1) is 23.8. The molecule has 1 aromatic heterocycles. The summed E-state index contributed by atoms with van der Waals surface area (Å²) in [6.07, 6.45) is 0. The average molecular weight is 612 g/mol. The molecule has 10 rings (SSSR count). The highest BCUT2D eigenvalue weighted by Crippen LogP contribution is 2.42. The Morgan fingerprint density at radius 1 is 0.333 bits per heavy atom. The molecule has 224 valence electrons. The number of hydrogen-bond donors (Lipinski definition) is 0. The third-order valence-corrected chi connectivity index (χ3v) is 9.80. The summed E-state index contributed by atoms with van der Waals surface area (Å²) in [7, 11) is 0. The van der Waals surface area contributed by atoms with E-state index < -0.39 is 0 Å². The van der Waals surface area contributed by atoms with Gasteiger partial charge in [-0.1, -0.05) is 121 Å². The van der Waals surface area contributed by atoms with Gasteiger partial charge in [0.05, 0.1) is 0 Å². The molecule has 10 aromatic rings. The molecule has 1 heterocycles. The van der Waals surface area contributed by atoms with Crippen molar-refractivity contribution in [1.82, 2.24) is 0 Å². The van der Waals surface area contributed by atoms with Crippen LogP contribution < -0.4 is 4.90 Å². The third-order valence-electron chi connectivity index (χ3n) is 9.80. The summed E-state index contributed by atoms with van der Waals surface area (Å²) >= 11 is 0. The molecule has 0 atom stereocenters. The van der Waals surface area contributed by atoms with Crippen LogP contribution in [0, 0.1) is 0 Å². The van der Waals surface area contributed by atoms with Crippen LogP contribution in [0.5, 0.6) is 0 Å². The van der Waals surface area contributed by atoms with Gasteiger partial charge in [-0.05, 0) is 109 Å². The molecule has 0 saturated carbocycles. The lowest BCUT2D eigenvalue weighted by Crippen LogP contribution is -2.09. The molecule has 0 radical (unpaired) electrons. The maximum atomic E-state index is 6.34. The van der Waals surface area contributed by atoms with Gasteiger partial charge in [-0.2, -0.15) is 0 Å². The van der Waals surface area contributed by atoms with E-state index in [1.54, 1.807) is 0 Å². The first-order valence-corrected chi connectivity index (χ1v) is 16.4. The van der Waals surface area contributed by atoms with Crippen molar-refractivity contribution in [3.63, 3.8) is 0 Å². The van der Waals surface area contributed by atoms with Gasteiger partial charge in [-0.3, -0.25) is 0 Å². The van der Waals surface area contributed by atoms with Crippen molar-refractivity contribution in [2.45, 2.75) is 0 Å². The number of para-hydroxylation sites is 1. The van der Waals surface area contributed by atoms with Crippen LogP contribution >= 0.6 is 0 Å². The first kappa shape index (κ1) is 26.8. The Bertz CT molecular complexity index is 2830. The minimum Gasteiger partial charge on any atom is -0.456 e. The lowest BCUT2D eigenvalue weighted by atomic mass is 9.91. The van der Waals surface area contributed by atoms with Gasteiger partial charge in [0.2, 0.25) is 0 Å². The Morgan fingerprint density at radius 3 is 1.67 bits per heavy atom. The normalized spacial score (nSPS) is 11.8. The number of furan rings is 1. The molecule has 2 heteroatoms. The average Bonchev–Trinajstić information content (AvgIpc) is 3.54. The predicted molar refractivity (Wildman–Crippen MR) is 204 cm³/mol. The minimum atomic E-state index is 0.893. The minimum absolute atomic E-state index is 0.893. The highest BCUT2D eigenvalue weighted by molar-refractivity contribution is 6.23. The summed E-state index contributed by atoms with van der Waals surface area (Å²) in [6.45, 7) is 0. The van der Waals surface area contributed by atoms with Crippen molar-refractivity contribution in [2.24, 2.45) is 0 Å². The van der Waals surface area contributed by atoms with Crippen LogP contribution in [-0.4, -0.2) is 0 Å². The molecule has 2 nitrogen and oxygen atoms in total. The van der Waals surface area contributed by atoms with Crippen molar-refractivity contribution in [3.05, 3.63) is 176 Å². The smallest absolute Gasteiger partial charge is 0.136 e. The summed E-state index contributed by atoms with van der Waals surface area (Å²) < 4.78 is 6.34. The molecule has 0 aliphatic carbocycles. The van der Waals surface area contributed by atoms with Gasteiger partial charge in [-0.15, -0.1) is 0 Å². The van der Waals surface area contributed by atoms with E-state index in [0.29, 0.717) is 0 Å². The van der Waals surface area contributed by atoms with Crippen LogP contribution in [0.25, 0.3) is 76.2 Å². The van der Waals surface area contributed by atoms with Gasteiger partial charge in [0.25, 0.3) is 0 Å². The Hall–Kier alpha value is -6.38. The molecular formula is C46H29NO. The van der Waals surface area contributed by atoms with Crippen molar-refractivity contribution < 1.29 is 4.42 Å². The fourth-order valence-electron chi connectivity index (χ4n) is 7.61. The SMILES string of the molecule is c1ccc(N(c2ccc(-c3cc4ccc5ccccc5c4c4ccccc34)cc2)c2ccc3oc4ccc5ccccc5c4c3c2)cc1. The lowest BCUT2D eigenvalue weighted by molar-refractivity contribution is 0.669. The van der Waals surface area contributed by atoms with E-state index >= 15 is 0 Å². The molecule has 0 unspecified atom stereocenters. The molecule has 48 heavy (non-hydrogen) atoms. The van der Waals surface area contributed by atoms with E-state index in [4.69, 9.17) is 4.42 Å². The van der Waals surface area contributed by atoms with E-state index in [0.717, 1.165) is 39.0 Å². The van der Waals surface area contributed by atoms with Gasteiger partial charge >= 0.3 is 0 Å². The molecule has 0 aliphatic heterocycles. The molecule has 0 N–H and O–H groups in total. The molecule has 0 spiro atoms. The third kappa shape index (κ3) is 4.13. The Morgan fingerprint density at radius 2 is 0.896 bits per heavy atom. The molecule has 0 bridgehead atoms. The Kier molecular flexibility index (Phi) is 5.91. The van der Waals surface area contributed by atoms with Gasteiger partial charge in [-0.25, -0.2) is 0 Å². The zero-order valence-corrected chi connectivity index (χ0v) is 26.1. The molecule has 0 aliphatic rings. The second kappa shape index (κ2) is 10.6. The van der Waals surface area contributed by atoms with Crippen LogP contribution in [0.4, 0.5) is 17.1 Å². The van der Waals surface area contributed by atoms with Crippen molar-refractivity contribution in [3.8, 4) is 11.1 Å². The standard InChI is InChI=1S/C46H29NO/c1-2-12-34(13-3-1)47(36-25-27-43-42(29-36)46-38-15-7-5-11-31(38)22-26-44(46)48-43)35-23-20-32(21-24-35)41-28-33-19-18-30-10-4-6-14-37(30)45(33)40-17-9-8-16-39(40)41/h1-29H. The largest absolute Gasteiger partial charge is 0.456 e. The molecular weight excluding hydrogens is 583 g/mol. The maximum Gasteiger partial charge on any atom is 0.136 e. The Labute approximate surface area is 277 Å². The van der Waals surface area contributed by atoms with E-state index in [9.17, 15) is 0 Å². The summed E-state index contributed by atoms with van der Waals surface area (Å²) in [5.41, 5.74) is 7.52. The zero-order chi connectivity index (χ0) is 31.6. The maximum absolute atomic E-state index is 6.34. The van der Waals surface area contributed by atoms with Crippen LogP contribution in [0.2, 0.25) is 0 Å². The second-order valence-corrected chi connectivity index (χ2v) is 12.5. The van der Waals surface area contributed by atoms with Crippen molar-refractivity contribution in [2.75, 3.05) is 4.90 Å². The van der Waals surface area contributed by atoms with Crippen LogP contribution in [0.3, 0.4) is 0 Å². The van der Waals surface area contributed by atoms with E-state index in [1.807, 2.05) is 0 Å². The summed E-state index contributed by atoms with van der Waals surface area (Å²) in [5.74, 6) is 0. The van der Waals surface area contributed by atoms with E-state index in [-0.39, 0.29) is 0 Å². The highest BCUT2D eigenvalue weighted by Gasteiger charge is 2.17. The molecule has 0 saturated heterocycles. The van der Waals surface area contributed by atoms with Crippen LogP contribution in [0.1, 0.15) is 0 Å². The van der Waals surface area contributed by atoms with Crippen LogP contribution in [-0.2, 0) is 0 Å². The van der Waals surface area contributed by atoms with E-state index in [1.165, 1.54) is 54.2 Å². The number of anilines is 3. The number of nitrogens with zero attached hydrogens (tertiary/aromatic N) is 1. The van der Waals surface area contributed by atoms with Gasteiger partial charge < -0.3 is 9.32 Å². The molecule has 9 aromatic carbocycles. The Balaban J connectivity index is 1.14. The lowest BCUT2D eigenvalue weighted by Gasteiger charge is -2.26. The van der Waals surface area contributed by atoms with Crippen LogP contribution in [0.15, 0.2) is 180 Å². The topological polar surface area (TPSA) is 16.4 Å². The fraction of sp³-hybridized carbons (Fsp3) is 0. The monoisotopic (exact) mass is 611 g/mol. The number of rotatable bonds is 4. The van der Waals surface area contributed by atoms with Crippen molar-refractivity contribution in [1.29, 1.82) is 0 Å². The molecule has 0 fully saturated rings. The fourth-order valence-corrected chi connectivity index (χ4v) is 7.61. The second-order valence-electron chi connectivity index (χ2n) is 12.5. The highest BCUT2D eigenvalue weighted by atomic mass is 16.3. The zero-order valence-electron chi connectivity index (χ0n) is 26.1. The number of hydrogen-bond acceptors (Lipinski definition) is 2. The van der Waals surface area contributed by atoms with Crippen molar-refractivity contribution >= 4 is 82.1 Å². The quantitative estimate of drug-likeness (QED) is 0.184.